The van der Waals surface area contributed by atoms with Crippen LogP contribution in [0.1, 0.15) is 132 Å². The second-order valence-corrected chi connectivity index (χ2v) is 27.3. The molecule has 1 atom stereocenters. The Morgan fingerprint density at radius 1 is 0.190 bits per heavy atom. The van der Waals surface area contributed by atoms with Gasteiger partial charge in [0.25, 0.3) is 0 Å². The fraction of sp³-hybridized carbons (Fsp3) is 0.145. The number of hydrogen-bond donors (Lipinski definition) is 0. The predicted molar refractivity (Wildman–Crippen MR) is 567 cm³/mol. The van der Waals surface area contributed by atoms with Crippen molar-refractivity contribution >= 4 is 114 Å². The SMILES string of the molecule is CC.CC.CC.CC.CC.CC.CC.CC1C=Cc2ccccc21.Cc1ccc(-c2ccccc2)cc1.Cc1ccccc1.c1ccc2c(c1)ccc1ccccc12.c1ccc2c(c1)ccc1ccccc12.c1ccc2cc3ccccc3cc2c1.c1ccc2cc3ccccc3cc2c1.c1ccc2ccccc2c1.c1ccc2ncccc2c1.c1ccncc1. The average Bonchev–Trinajstić information content (AvgIpc) is 1.53. The summed E-state index contributed by atoms with van der Waals surface area (Å²) in [6.45, 7) is 34.4. The molecule has 0 bridgehead atoms. The standard InChI is InChI=1S/4C14H10.C13H12.C10H10.C10H8.C9H7N.C7H8.C5H5N.7C2H6/c2*1-3-7-13-11(5-1)9-10-12-6-2-4-8-14(12)13;2*1-2-6-12-10-14-8-4-3-7-13(14)9-11(12)5-1;1-11-7-9-13(10-8-11)12-5-3-2-4-6-12;1-8-6-7-9-4-2-3-5-10(8)9;1-2-6-10-8-4-3-7-9(10)5-1;1-2-6-9-8(4-1)5-3-7-10-9;1-7-5-3-2-4-6-7;1-2-4-6-5-3-1;7*1-2/h4*1-10H;2-10H,1H3;2-8H,1H3;1-8H;1-7H;2-6H,1H3;1-5H;7*1-2H3. The van der Waals surface area contributed by atoms with Crippen molar-refractivity contribution in [3.63, 3.8) is 0 Å². The summed E-state index contributed by atoms with van der Waals surface area (Å²) in [4.78, 5) is 7.97. The molecule has 0 N–H and O–H groups in total. The number of nitrogens with zero attached hydrogens (tertiary/aromatic N) is 2. The number of rotatable bonds is 1. The number of allylic oxidation sites excluding steroid dienone is 1. The molecule has 21 aromatic rings. The molecule has 2 aromatic heterocycles. The summed E-state index contributed by atoms with van der Waals surface area (Å²) in [7, 11) is 0. The summed E-state index contributed by atoms with van der Waals surface area (Å²) in [6, 6.07) is 158. The van der Waals surface area contributed by atoms with Crippen LogP contribution in [0.2, 0.25) is 0 Å². The molecule has 1 aliphatic rings. The molecule has 19 aromatic carbocycles. The van der Waals surface area contributed by atoms with E-state index in [9.17, 15) is 0 Å². The molecular formula is C124H132N2. The Morgan fingerprint density at radius 2 is 0.444 bits per heavy atom. The van der Waals surface area contributed by atoms with Crippen molar-refractivity contribution < 1.29 is 0 Å². The highest BCUT2D eigenvalue weighted by atomic mass is 14.6. The van der Waals surface area contributed by atoms with E-state index in [1.54, 1.807) is 12.4 Å². The molecule has 126 heavy (non-hydrogen) atoms. The Kier molecular flexibility index (Phi) is 48.2. The Labute approximate surface area is 755 Å². The first-order chi connectivity index (χ1) is 62.3. The van der Waals surface area contributed by atoms with E-state index in [0.717, 1.165) is 5.52 Å². The van der Waals surface area contributed by atoms with E-state index in [4.69, 9.17) is 0 Å². The first kappa shape index (κ1) is 101. The second kappa shape index (κ2) is 60.3. The predicted octanol–water partition coefficient (Wildman–Crippen LogP) is 37.8. The lowest BCUT2D eigenvalue weighted by Crippen LogP contribution is -1.84. The summed E-state index contributed by atoms with van der Waals surface area (Å²) in [5, 5.41) is 24.9. The topological polar surface area (TPSA) is 25.8 Å². The van der Waals surface area contributed by atoms with Gasteiger partial charge in [-0.25, -0.2) is 0 Å². The molecule has 0 amide bonds. The van der Waals surface area contributed by atoms with Crippen LogP contribution in [-0.2, 0) is 0 Å². The molecule has 2 heteroatoms. The lowest BCUT2D eigenvalue weighted by atomic mass is 10.0. The Hall–Kier alpha value is -14.2. The van der Waals surface area contributed by atoms with Crippen LogP contribution in [0.15, 0.2) is 480 Å². The van der Waals surface area contributed by atoms with Crippen LogP contribution in [0.4, 0.5) is 0 Å². The fourth-order valence-electron chi connectivity index (χ4n) is 13.5. The van der Waals surface area contributed by atoms with Crippen molar-refractivity contribution in [2.75, 3.05) is 0 Å². The van der Waals surface area contributed by atoms with Gasteiger partial charge in [0.15, 0.2) is 0 Å². The lowest BCUT2D eigenvalue weighted by molar-refractivity contribution is 0.990. The van der Waals surface area contributed by atoms with Crippen molar-refractivity contribution in [2.45, 2.75) is 124 Å². The van der Waals surface area contributed by atoms with Crippen LogP contribution >= 0.6 is 0 Å². The molecule has 0 aliphatic heterocycles. The molecule has 2 nitrogen and oxygen atoms in total. The van der Waals surface area contributed by atoms with Gasteiger partial charge in [0.1, 0.15) is 0 Å². The number of fused-ring (bicyclic) bond motifs is 13. The zero-order valence-electron chi connectivity index (χ0n) is 77.7. The van der Waals surface area contributed by atoms with Crippen LogP contribution in [0.3, 0.4) is 0 Å². The highest BCUT2D eigenvalue weighted by Crippen LogP contribution is 2.30. The summed E-state index contributed by atoms with van der Waals surface area (Å²) in [5.74, 6) is 0.621. The molecule has 0 fully saturated rings. The van der Waals surface area contributed by atoms with Gasteiger partial charge in [0, 0.05) is 24.0 Å². The minimum atomic E-state index is 0.621. The number of benzene rings is 19. The third-order valence-electron chi connectivity index (χ3n) is 19.4. The molecule has 638 valence electrons. The van der Waals surface area contributed by atoms with E-state index in [1.165, 1.54) is 136 Å². The van der Waals surface area contributed by atoms with Crippen molar-refractivity contribution in [3.8, 4) is 11.1 Å². The van der Waals surface area contributed by atoms with E-state index in [1.807, 2.05) is 170 Å². The third-order valence-corrected chi connectivity index (χ3v) is 19.4. The van der Waals surface area contributed by atoms with Gasteiger partial charge in [0.05, 0.1) is 5.52 Å². The molecule has 1 aliphatic carbocycles. The van der Waals surface area contributed by atoms with Gasteiger partial charge >= 0.3 is 0 Å². The van der Waals surface area contributed by atoms with Crippen LogP contribution in [0, 0.1) is 13.8 Å². The molecular weight excluding hydrogens is 1520 g/mol. The molecule has 0 radical (unpaired) electrons. The molecule has 22 rings (SSSR count). The van der Waals surface area contributed by atoms with E-state index in [-0.39, 0.29) is 0 Å². The minimum absolute atomic E-state index is 0.621. The van der Waals surface area contributed by atoms with Gasteiger partial charge in [-0.1, -0.05) is 534 Å². The Bertz CT molecular complexity index is 5690. The highest BCUT2D eigenvalue weighted by Gasteiger charge is 2.10. The van der Waals surface area contributed by atoms with Gasteiger partial charge < -0.3 is 0 Å². The third kappa shape index (κ3) is 32.6. The first-order valence-corrected chi connectivity index (χ1v) is 45.3. The maximum absolute atomic E-state index is 4.18. The summed E-state index contributed by atoms with van der Waals surface area (Å²) in [5.41, 5.74) is 9.10. The largest absolute Gasteiger partial charge is 0.265 e. The van der Waals surface area contributed by atoms with E-state index in [2.05, 4.69) is 431 Å². The highest BCUT2D eigenvalue weighted by molar-refractivity contribution is 6.08. The van der Waals surface area contributed by atoms with Gasteiger partial charge in [0.2, 0.25) is 0 Å². The lowest BCUT2D eigenvalue weighted by Gasteiger charge is -2.02. The van der Waals surface area contributed by atoms with E-state index < -0.39 is 0 Å². The molecule has 0 saturated carbocycles. The van der Waals surface area contributed by atoms with E-state index >= 15 is 0 Å². The summed E-state index contributed by atoms with van der Waals surface area (Å²) < 4.78 is 0. The van der Waals surface area contributed by atoms with Crippen molar-refractivity contribution in [1.29, 1.82) is 0 Å². The molecule has 1 unspecified atom stereocenters. The Morgan fingerprint density at radius 3 is 0.746 bits per heavy atom. The quantitative estimate of drug-likeness (QED) is 0.121. The summed E-state index contributed by atoms with van der Waals surface area (Å²) in [6.07, 6.45) is 9.74. The smallest absolute Gasteiger partial charge is 0.0701 e. The second-order valence-electron chi connectivity index (χ2n) is 27.3. The van der Waals surface area contributed by atoms with Gasteiger partial charge in [-0.3, -0.25) is 9.97 Å². The van der Waals surface area contributed by atoms with Crippen LogP contribution in [0.5, 0.6) is 0 Å². The molecule has 0 spiro atoms. The zero-order valence-corrected chi connectivity index (χ0v) is 77.7. The fourth-order valence-corrected chi connectivity index (χ4v) is 13.5. The maximum atomic E-state index is 4.18. The number of pyridine rings is 2. The molecule has 2 heterocycles. The van der Waals surface area contributed by atoms with Crippen LogP contribution in [0.25, 0.3) is 125 Å². The van der Waals surface area contributed by atoms with Crippen molar-refractivity contribution in [1.82, 2.24) is 9.97 Å². The normalized spacial score (nSPS) is 10.3. The monoisotopic (exact) mass is 1650 g/mol. The zero-order chi connectivity index (χ0) is 90.6. The number of aryl methyl sites for hydroxylation is 2. The van der Waals surface area contributed by atoms with Gasteiger partial charge in [-0.05, 0) is 188 Å². The summed E-state index contributed by atoms with van der Waals surface area (Å²) >= 11 is 0. The van der Waals surface area contributed by atoms with E-state index in [0.29, 0.717) is 5.92 Å². The Balaban J connectivity index is 0.000000214. The molecule has 0 saturated heterocycles. The van der Waals surface area contributed by atoms with Crippen LogP contribution < -0.4 is 0 Å². The van der Waals surface area contributed by atoms with Gasteiger partial charge in [-0.2, -0.15) is 0 Å². The number of aromatic nitrogens is 2. The van der Waals surface area contributed by atoms with Gasteiger partial charge in [-0.15, -0.1) is 0 Å². The average molecular weight is 1650 g/mol. The van der Waals surface area contributed by atoms with Crippen LogP contribution in [-0.4, -0.2) is 9.97 Å². The first-order valence-electron chi connectivity index (χ1n) is 45.3. The minimum Gasteiger partial charge on any atom is -0.265 e. The van der Waals surface area contributed by atoms with Crippen molar-refractivity contribution in [2.24, 2.45) is 0 Å². The number of para-hydroxylation sites is 1. The van der Waals surface area contributed by atoms with Crippen molar-refractivity contribution in [3.05, 3.63) is 502 Å². The maximum Gasteiger partial charge on any atom is 0.0701 e. The number of hydrogen-bond acceptors (Lipinski definition) is 2.